The summed E-state index contributed by atoms with van der Waals surface area (Å²) in [4.78, 5) is 78.3. The molecule has 0 aliphatic carbocycles. The number of rotatable bonds is 11. The van der Waals surface area contributed by atoms with Gasteiger partial charge in [0, 0.05) is 93.3 Å². The number of piperazine rings is 2. The fraction of sp³-hybridized carbons (Fsp3) is 0.484. The van der Waals surface area contributed by atoms with Gasteiger partial charge in [0.2, 0.25) is 13.6 Å². The lowest BCUT2D eigenvalue weighted by molar-refractivity contribution is -0.158. The van der Waals surface area contributed by atoms with Crippen LogP contribution >= 0.6 is 23.5 Å². The first-order chi connectivity index (χ1) is 59.1. The number of phenolic OH excluding ortho intramolecular Hbond substituents is 3. The highest BCUT2D eigenvalue weighted by Gasteiger charge is 2.65. The van der Waals surface area contributed by atoms with Crippen molar-refractivity contribution in [1.29, 1.82) is 10.5 Å². The van der Waals surface area contributed by atoms with Crippen molar-refractivity contribution in [3.05, 3.63) is 151 Å². The molecule has 6 aromatic rings. The van der Waals surface area contributed by atoms with Gasteiger partial charge in [-0.2, -0.15) is 10.5 Å². The molecule has 0 radical (unpaired) electrons. The highest BCUT2D eigenvalue weighted by atomic mass is 32.2. The van der Waals surface area contributed by atoms with Crippen molar-refractivity contribution in [3.63, 3.8) is 0 Å². The van der Waals surface area contributed by atoms with Gasteiger partial charge in [-0.05, 0) is 157 Å². The van der Waals surface area contributed by atoms with Crippen molar-refractivity contribution < 1.29 is 115 Å². The van der Waals surface area contributed by atoms with Gasteiger partial charge in [-0.25, -0.2) is 24.0 Å². The molecule has 0 saturated carbocycles. The van der Waals surface area contributed by atoms with Gasteiger partial charge in [-0.15, -0.1) is 23.5 Å². The van der Waals surface area contributed by atoms with E-state index in [4.69, 9.17) is 75.8 Å². The van der Waals surface area contributed by atoms with E-state index in [-0.39, 0.29) is 124 Å². The van der Waals surface area contributed by atoms with Crippen LogP contribution in [-0.2, 0) is 70.0 Å². The van der Waals surface area contributed by atoms with Crippen molar-refractivity contribution in [2.75, 3.05) is 107 Å². The number of nitriles is 2. The van der Waals surface area contributed by atoms with E-state index in [0.29, 0.717) is 129 Å². The Hall–Kier alpha value is -11.2. The van der Waals surface area contributed by atoms with Crippen LogP contribution in [0.5, 0.6) is 80.5 Å². The standard InChI is InChI=1S/C47H52N4O13S.C42H44N4O11S.2CH4/c1-10-13-58-44(54)63-39-23(3)40-41(61-21-60-40)33-29-19-59-43(53)47(26-17-30(56-8)31(16-24(26)11-12-49-47)62-45(55)64-46(4,5)6)20-65-42(34(33)39)36-35-32-25(14-22(2)38(57-9)37(32)52)15-27(50(35)7)28(18-48)51(29)36;1-7-10-53-41(50)57-36-20(3)37-38(56-18-55-37)30-26-16-54-40(49)42(23-14-28(51-5)27(47)13-21(23)8-9-44-42)17-58-39(31(30)36)33-32-29-22(11-19(2)35(52-6)34(29)48)12-24(45(32)4)25(15-43)46(26)33;;/h10,14,16-17,27-29,35-36,42,49,52H,1,11-13,15,19-21H2,2-9H3;7,11,13-14,24-26,32-33,39,44,47-48H,1,8-10,12,16-18H2,2-6H3;2*1H4/t27-,28-,29-,35+,36?,42+,47+;24-,25-,26-,32+,33?,39+,42+;;/m00../s1. The Labute approximate surface area is 733 Å². The highest BCUT2D eigenvalue weighted by molar-refractivity contribution is 7.99. The summed E-state index contributed by atoms with van der Waals surface area (Å²) < 4.78 is 94.7. The molecule has 14 aliphatic heterocycles. The summed E-state index contributed by atoms with van der Waals surface area (Å²) in [6, 6.07) is 9.88. The van der Waals surface area contributed by atoms with Gasteiger partial charge in [0.15, 0.2) is 80.1 Å². The molecule has 0 amide bonds. The second kappa shape index (κ2) is 33.9. The zero-order valence-corrected chi connectivity index (χ0v) is 71.9. The molecule has 20 rings (SSSR count). The van der Waals surface area contributed by atoms with E-state index in [2.05, 4.69) is 55.5 Å². The van der Waals surface area contributed by atoms with Gasteiger partial charge in [0.25, 0.3) is 0 Å². The summed E-state index contributed by atoms with van der Waals surface area (Å²) in [5.74, 6) is 2.20. The number of ether oxygens (including phenoxy) is 16. The van der Waals surface area contributed by atoms with Gasteiger partial charge in [0.1, 0.15) is 55.6 Å². The highest BCUT2D eigenvalue weighted by Crippen LogP contribution is 2.68. The van der Waals surface area contributed by atoms with Gasteiger partial charge in [-0.3, -0.25) is 30.2 Å². The number of phenols is 3. The third-order valence-electron chi connectivity index (χ3n) is 26.0. The monoisotopic (exact) mass is 1760 g/mol. The first-order valence-electron chi connectivity index (χ1n) is 40.6. The molecule has 14 heterocycles. The first-order valence-corrected chi connectivity index (χ1v) is 42.7. The van der Waals surface area contributed by atoms with Crippen molar-refractivity contribution in [2.45, 2.75) is 177 Å². The number of aryl methyl sites for hydroxylation is 2. The molecule has 14 aliphatic rings. The first kappa shape index (κ1) is 88.6. The topological polar surface area (TPSA) is 378 Å². The molecule has 4 saturated heterocycles. The van der Waals surface area contributed by atoms with E-state index in [1.807, 2.05) is 40.1 Å². The number of fused-ring (bicyclic) bond motifs is 18. The van der Waals surface area contributed by atoms with E-state index < -0.39 is 106 Å². The van der Waals surface area contributed by atoms with Crippen LogP contribution in [-0.4, -0.2) is 214 Å². The zero-order valence-electron chi connectivity index (χ0n) is 70.3. The molecule has 14 atom stereocenters. The largest absolute Gasteiger partial charge is 0.514 e. The van der Waals surface area contributed by atoms with Crippen LogP contribution < -0.4 is 62.7 Å². The Bertz CT molecular complexity index is 5530. The molecule has 6 aromatic carbocycles. The summed E-state index contributed by atoms with van der Waals surface area (Å²) in [6.07, 6.45) is 1.97. The maximum atomic E-state index is 15.1. The fourth-order valence-corrected chi connectivity index (χ4v) is 24.4. The van der Waals surface area contributed by atoms with Crippen LogP contribution in [0.4, 0.5) is 14.4 Å². The van der Waals surface area contributed by atoms with E-state index in [1.54, 1.807) is 58.9 Å². The van der Waals surface area contributed by atoms with E-state index in [0.717, 1.165) is 33.4 Å². The molecule has 125 heavy (non-hydrogen) atoms. The smallest absolute Gasteiger partial charge is 0.504 e. The van der Waals surface area contributed by atoms with E-state index in [1.165, 1.54) is 64.1 Å². The van der Waals surface area contributed by atoms with Gasteiger partial charge < -0.3 is 91.1 Å². The fourth-order valence-electron chi connectivity index (χ4n) is 21.0. The van der Waals surface area contributed by atoms with E-state index >= 15 is 4.79 Å². The molecular weight excluding hydrogens is 1650 g/mol. The number of hydrogen-bond acceptors (Lipinski definition) is 34. The number of nitrogens with zero attached hydrogens (tertiary/aromatic N) is 6. The Morgan fingerprint density at radius 1 is 0.552 bits per heavy atom. The SMILES string of the molecule is C.C.C=CCOC(=O)Oc1c(C)c2c(c3c1[C@H]1SC[C@]4(NCCc5cc(O)c(OC)cc54)C(=O)OC[C@@H]3N3C1[C@H]1c4c(cc(C)c(OC)c4O)C[C@@H]([C@@H]3C#N)N1C)OCO2.C=CCOC(=O)Oc1c(C)c2c(c3c1[C@H]1SC[C@]4(NCCc5cc(OC(=O)OC(C)(C)C)c(OC)cc54)C(=O)OC[C@@H]3N3C1[C@H]1c4c(cc(C)c(OC)c4O)C[C@@H]([C@@H]3C#N)N1C)OCO2. The predicted molar refractivity (Wildman–Crippen MR) is 456 cm³/mol. The van der Waals surface area contributed by atoms with Crippen molar-refractivity contribution in [3.8, 4) is 92.6 Å². The molecular formula is C91H104N8O24S2. The molecule has 2 unspecified atom stereocenters. The normalized spacial score (nSPS) is 26.6. The quantitative estimate of drug-likeness (QED) is 0.0348. The molecule has 2 spiro atoms. The number of nitrogens with one attached hydrogen (secondary N) is 2. The lowest BCUT2D eigenvalue weighted by Gasteiger charge is -2.62. The van der Waals surface area contributed by atoms with Crippen molar-refractivity contribution >= 4 is 53.9 Å². The molecule has 0 aromatic heterocycles. The van der Waals surface area contributed by atoms with Gasteiger partial charge >= 0.3 is 30.4 Å². The van der Waals surface area contributed by atoms with Crippen LogP contribution in [0.1, 0.15) is 159 Å². The summed E-state index contributed by atoms with van der Waals surface area (Å²) >= 11 is 2.86. The lowest BCUT2D eigenvalue weighted by Crippen LogP contribution is -2.69. The molecule has 8 bridgehead atoms. The van der Waals surface area contributed by atoms with Crippen LogP contribution in [0.3, 0.4) is 0 Å². The summed E-state index contributed by atoms with van der Waals surface area (Å²) in [5, 5.41) is 63.2. The molecule has 4 fully saturated rings. The van der Waals surface area contributed by atoms with Gasteiger partial charge in [-0.1, -0.05) is 52.3 Å². The second-order valence-electron chi connectivity index (χ2n) is 33.4. The third kappa shape index (κ3) is 14.1. The van der Waals surface area contributed by atoms with Crippen molar-refractivity contribution in [1.82, 2.24) is 30.2 Å². The Balaban J connectivity index is 0.000000191. The van der Waals surface area contributed by atoms with Crippen LogP contribution in [0.15, 0.2) is 61.7 Å². The molecule has 34 heteroatoms. The minimum atomic E-state index is -1.49. The number of thioether (sulfide) groups is 2. The number of hydrogen-bond donors (Lipinski definition) is 5. The maximum absolute atomic E-state index is 15.1. The third-order valence-corrected chi connectivity index (χ3v) is 28.9. The molecule has 5 N–H and O–H groups in total. The van der Waals surface area contributed by atoms with Crippen molar-refractivity contribution in [2.24, 2.45) is 0 Å². The number of carbonyl (C=O) groups excluding carboxylic acids is 5. The van der Waals surface area contributed by atoms with Crippen LogP contribution in [0.25, 0.3) is 0 Å². The average molecular weight is 1760 g/mol. The Kier molecular flexibility index (Phi) is 24.1. The summed E-state index contributed by atoms with van der Waals surface area (Å²) in [7, 11) is 9.87. The minimum absolute atomic E-state index is 0. The number of likely N-dealkylation sites (N-methyl/N-ethyl adjacent to an activating group) is 2. The number of aromatic hydroxyl groups is 3. The lowest BCUT2D eigenvalue weighted by atomic mass is 9.71. The molecule has 664 valence electrons. The number of esters is 2. The average Bonchev–Trinajstić information content (AvgIpc) is 1.53. The molecule has 32 nitrogen and oxygen atoms in total. The number of carbonyl (C=O) groups is 5. The zero-order chi connectivity index (χ0) is 87.1. The maximum Gasteiger partial charge on any atom is 0.514 e. The number of methoxy groups -OCH3 is 4. The Morgan fingerprint density at radius 3 is 1.38 bits per heavy atom. The van der Waals surface area contributed by atoms with E-state index in [9.17, 15) is 45.0 Å². The van der Waals surface area contributed by atoms with Gasteiger partial charge in [0.05, 0.1) is 75.2 Å². The summed E-state index contributed by atoms with van der Waals surface area (Å²) in [5.41, 5.74) is 6.94. The summed E-state index contributed by atoms with van der Waals surface area (Å²) in [6.45, 7) is 19.7. The number of benzene rings is 6. The predicted octanol–water partition coefficient (Wildman–Crippen LogP) is 12.4. The minimum Gasteiger partial charge on any atom is -0.504 e. The van der Waals surface area contributed by atoms with Crippen LogP contribution in [0.2, 0.25) is 0 Å². The Morgan fingerprint density at radius 2 is 0.976 bits per heavy atom. The van der Waals surface area contributed by atoms with Crippen LogP contribution in [0, 0.1) is 50.4 Å². The second-order valence-corrected chi connectivity index (χ2v) is 35.7.